The van der Waals surface area contributed by atoms with Crippen molar-refractivity contribution >= 4 is 10.1 Å². The predicted octanol–water partition coefficient (Wildman–Crippen LogP) is 3.89. The molecule has 0 aliphatic carbocycles. The molecule has 0 saturated carbocycles. The van der Waals surface area contributed by atoms with Crippen molar-refractivity contribution < 1.29 is 17.3 Å². The lowest BCUT2D eigenvalue weighted by Gasteiger charge is -2.13. The van der Waals surface area contributed by atoms with Crippen LogP contribution >= 0.6 is 0 Å². The van der Waals surface area contributed by atoms with Crippen LogP contribution in [0.1, 0.15) is 30.9 Å². The van der Waals surface area contributed by atoms with Gasteiger partial charge in [-0.15, -0.1) is 0 Å². The largest absolute Gasteiger partial charge is 0.495 e. The lowest BCUT2D eigenvalue weighted by Crippen LogP contribution is -2.11. The van der Waals surface area contributed by atoms with Crippen molar-refractivity contribution in [1.29, 1.82) is 0 Å². The van der Waals surface area contributed by atoms with Gasteiger partial charge in [0.1, 0.15) is 16.4 Å². The molecule has 0 aromatic heterocycles. The predicted molar refractivity (Wildman–Crippen MR) is 86.1 cm³/mol. The Balaban J connectivity index is 2.41. The van der Waals surface area contributed by atoms with Crippen molar-refractivity contribution in [2.45, 2.75) is 31.6 Å². The lowest BCUT2D eigenvalue weighted by molar-refractivity contribution is 0.398. The highest BCUT2D eigenvalue weighted by Gasteiger charge is 2.21. The molecule has 0 spiro atoms. The van der Waals surface area contributed by atoms with Gasteiger partial charge in [0.25, 0.3) is 0 Å². The average Bonchev–Trinajstić information content (AvgIpc) is 2.46. The Labute approximate surface area is 131 Å². The first-order valence-corrected chi connectivity index (χ1v) is 8.43. The summed E-state index contributed by atoms with van der Waals surface area (Å²) < 4.78 is 35.3. The Morgan fingerprint density at radius 1 is 1.05 bits per heavy atom. The Kier molecular flexibility index (Phi) is 4.76. The summed E-state index contributed by atoms with van der Waals surface area (Å²) in [6.07, 6.45) is 0. The van der Waals surface area contributed by atoms with E-state index in [1.54, 1.807) is 30.3 Å². The van der Waals surface area contributed by atoms with Crippen LogP contribution in [0.2, 0.25) is 0 Å². The number of hydrogen-bond acceptors (Lipinski definition) is 4. The first-order chi connectivity index (χ1) is 10.3. The summed E-state index contributed by atoms with van der Waals surface area (Å²) in [7, 11) is -2.51. The van der Waals surface area contributed by atoms with E-state index in [0.29, 0.717) is 5.75 Å². The molecule has 5 heteroatoms. The number of para-hydroxylation sites is 1. The van der Waals surface area contributed by atoms with Crippen molar-refractivity contribution in [2.24, 2.45) is 0 Å². The van der Waals surface area contributed by atoms with Gasteiger partial charge in [-0.1, -0.05) is 32.0 Å². The second-order valence-electron chi connectivity index (χ2n) is 5.42. The van der Waals surface area contributed by atoms with Crippen LogP contribution in [0, 0.1) is 6.92 Å². The summed E-state index contributed by atoms with van der Waals surface area (Å²) in [4.78, 5) is 0.0186. The highest BCUT2D eigenvalue weighted by molar-refractivity contribution is 7.87. The molecule has 0 amide bonds. The maximum atomic E-state index is 12.5. The Hall–Kier alpha value is -2.01. The van der Waals surface area contributed by atoms with Gasteiger partial charge in [0, 0.05) is 0 Å². The molecule has 2 aromatic rings. The van der Waals surface area contributed by atoms with Crippen molar-refractivity contribution in [3.8, 4) is 11.5 Å². The van der Waals surface area contributed by atoms with Crippen LogP contribution in [0.15, 0.2) is 47.4 Å². The molecule has 2 aromatic carbocycles. The van der Waals surface area contributed by atoms with E-state index < -0.39 is 10.1 Å². The van der Waals surface area contributed by atoms with Gasteiger partial charge in [-0.3, -0.25) is 0 Å². The number of benzene rings is 2. The summed E-state index contributed by atoms with van der Waals surface area (Å²) >= 11 is 0. The minimum absolute atomic E-state index is 0.0186. The van der Waals surface area contributed by atoms with E-state index in [0.717, 1.165) is 11.1 Å². The highest BCUT2D eigenvalue weighted by Crippen LogP contribution is 2.29. The third-order valence-corrected chi connectivity index (χ3v) is 4.57. The van der Waals surface area contributed by atoms with E-state index in [1.807, 2.05) is 26.8 Å². The van der Waals surface area contributed by atoms with Crippen LogP contribution in [-0.2, 0) is 10.1 Å². The Bertz CT molecular complexity index is 764. The monoisotopic (exact) mass is 320 g/mol. The summed E-state index contributed by atoms with van der Waals surface area (Å²) in [5, 5.41) is 0. The third kappa shape index (κ3) is 3.60. The van der Waals surface area contributed by atoms with Crippen molar-refractivity contribution in [3.05, 3.63) is 53.6 Å². The molecule has 0 atom stereocenters. The molecule has 2 rings (SSSR count). The molecule has 0 aliphatic rings. The van der Waals surface area contributed by atoms with Gasteiger partial charge in [-0.05, 0) is 48.2 Å². The standard InChI is InChI=1S/C17H20O4S/c1-12(2)14-9-13(3)10-15(11-14)21-22(18,19)17-8-6-5-7-16(17)20-4/h5-12H,1-4H3. The van der Waals surface area contributed by atoms with Crippen molar-refractivity contribution in [3.63, 3.8) is 0 Å². The van der Waals surface area contributed by atoms with E-state index in [4.69, 9.17) is 8.92 Å². The molecule has 4 nitrogen and oxygen atoms in total. The van der Waals surface area contributed by atoms with Crippen LogP contribution in [0.25, 0.3) is 0 Å². The second kappa shape index (κ2) is 6.40. The summed E-state index contributed by atoms with van der Waals surface area (Å²) in [6, 6.07) is 11.9. The zero-order valence-corrected chi connectivity index (χ0v) is 14.0. The van der Waals surface area contributed by atoms with E-state index >= 15 is 0 Å². The Morgan fingerprint density at radius 2 is 1.73 bits per heavy atom. The van der Waals surface area contributed by atoms with Crippen LogP contribution in [0.5, 0.6) is 11.5 Å². The number of rotatable bonds is 5. The molecule has 22 heavy (non-hydrogen) atoms. The fraction of sp³-hybridized carbons (Fsp3) is 0.294. The molecule has 0 unspecified atom stereocenters. The number of ether oxygens (including phenoxy) is 1. The molecular formula is C17H20O4S. The highest BCUT2D eigenvalue weighted by atomic mass is 32.2. The smallest absolute Gasteiger partial charge is 0.342 e. The van der Waals surface area contributed by atoms with Gasteiger partial charge in [-0.25, -0.2) is 0 Å². The van der Waals surface area contributed by atoms with Gasteiger partial charge < -0.3 is 8.92 Å². The SMILES string of the molecule is COc1ccccc1S(=O)(=O)Oc1cc(C)cc(C(C)C)c1. The fourth-order valence-corrected chi connectivity index (χ4v) is 3.24. The molecular weight excluding hydrogens is 300 g/mol. The quantitative estimate of drug-likeness (QED) is 0.784. The van der Waals surface area contributed by atoms with Crippen molar-refractivity contribution in [1.82, 2.24) is 0 Å². The van der Waals surface area contributed by atoms with Gasteiger partial charge in [0.05, 0.1) is 7.11 Å². The van der Waals surface area contributed by atoms with E-state index in [1.165, 1.54) is 13.2 Å². The van der Waals surface area contributed by atoms with Crippen LogP contribution in [-0.4, -0.2) is 15.5 Å². The Morgan fingerprint density at radius 3 is 2.36 bits per heavy atom. The van der Waals surface area contributed by atoms with E-state index in [9.17, 15) is 8.42 Å². The van der Waals surface area contributed by atoms with Gasteiger partial charge in [0.2, 0.25) is 0 Å². The third-order valence-electron chi connectivity index (χ3n) is 3.28. The molecule has 118 valence electrons. The van der Waals surface area contributed by atoms with E-state index in [-0.39, 0.29) is 16.6 Å². The summed E-state index contributed by atoms with van der Waals surface area (Å²) in [5.41, 5.74) is 1.99. The average molecular weight is 320 g/mol. The maximum absolute atomic E-state index is 12.5. The molecule has 0 aliphatic heterocycles. The molecule has 0 saturated heterocycles. The number of aryl methyl sites for hydroxylation is 1. The van der Waals surface area contributed by atoms with E-state index in [2.05, 4.69) is 0 Å². The molecule has 0 heterocycles. The molecule has 0 fully saturated rings. The maximum Gasteiger partial charge on any atom is 0.342 e. The first kappa shape index (κ1) is 16.4. The number of hydrogen-bond donors (Lipinski definition) is 0. The molecule has 0 bridgehead atoms. The van der Waals surface area contributed by atoms with Crippen LogP contribution in [0.4, 0.5) is 0 Å². The minimum atomic E-state index is -3.94. The first-order valence-electron chi connectivity index (χ1n) is 7.02. The van der Waals surface area contributed by atoms with Crippen molar-refractivity contribution in [2.75, 3.05) is 7.11 Å². The summed E-state index contributed by atoms with van der Waals surface area (Å²) in [5.74, 6) is 0.866. The zero-order valence-electron chi connectivity index (χ0n) is 13.2. The van der Waals surface area contributed by atoms with Crippen LogP contribution in [0.3, 0.4) is 0 Å². The van der Waals surface area contributed by atoms with Gasteiger partial charge in [0.15, 0.2) is 0 Å². The number of methoxy groups -OCH3 is 1. The summed E-state index contributed by atoms with van der Waals surface area (Å²) in [6.45, 7) is 6.01. The van der Waals surface area contributed by atoms with Crippen LogP contribution < -0.4 is 8.92 Å². The zero-order chi connectivity index (χ0) is 16.3. The van der Waals surface area contributed by atoms with Gasteiger partial charge >= 0.3 is 10.1 Å². The van der Waals surface area contributed by atoms with Gasteiger partial charge in [-0.2, -0.15) is 8.42 Å². The fourth-order valence-electron chi connectivity index (χ4n) is 2.15. The normalized spacial score (nSPS) is 11.5. The molecule has 0 radical (unpaired) electrons. The second-order valence-corrected chi connectivity index (χ2v) is 6.94. The minimum Gasteiger partial charge on any atom is -0.495 e. The lowest BCUT2D eigenvalue weighted by atomic mass is 10.0. The topological polar surface area (TPSA) is 52.6 Å². The molecule has 0 N–H and O–H groups in total.